The lowest BCUT2D eigenvalue weighted by Crippen LogP contribution is -2.48. The van der Waals surface area contributed by atoms with E-state index in [2.05, 4.69) is 10.2 Å². The number of carbonyl (C=O) groups excluding carboxylic acids is 3. The maximum atomic E-state index is 13.4. The van der Waals surface area contributed by atoms with Gasteiger partial charge in [0, 0.05) is 32.7 Å². The summed E-state index contributed by atoms with van der Waals surface area (Å²) in [6.45, 7) is 6.49. The quantitative estimate of drug-likeness (QED) is 0.420. The fourth-order valence-electron chi connectivity index (χ4n) is 3.92. The monoisotopic (exact) mass is 500 g/mol. The van der Waals surface area contributed by atoms with Gasteiger partial charge in [0.2, 0.25) is 5.91 Å². The Kier molecular flexibility index (Phi) is 11.3. The molecule has 1 aliphatic heterocycles. The summed E-state index contributed by atoms with van der Waals surface area (Å²) in [6.07, 6.45) is 2.26. The van der Waals surface area contributed by atoms with E-state index in [1.54, 1.807) is 24.2 Å². The lowest BCUT2D eigenvalue weighted by Gasteiger charge is -2.29. The molecular formula is C26H36N4O6. The topological polar surface area (TPSA) is 105 Å². The van der Waals surface area contributed by atoms with Gasteiger partial charge in [0.05, 0.1) is 32.6 Å². The lowest BCUT2D eigenvalue weighted by molar-refractivity contribution is -0.141. The minimum atomic E-state index is -0.519. The van der Waals surface area contributed by atoms with Crippen molar-refractivity contribution in [3.8, 4) is 0 Å². The molecule has 2 aromatic rings. The first-order chi connectivity index (χ1) is 17.5. The van der Waals surface area contributed by atoms with Crippen LogP contribution in [0.3, 0.4) is 0 Å². The first kappa shape index (κ1) is 27.2. The maximum absolute atomic E-state index is 13.4. The largest absolute Gasteiger partial charge is 0.467 e. The first-order valence-electron chi connectivity index (χ1n) is 12.4. The number of hydrogen-bond donors (Lipinski definition) is 1. The van der Waals surface area contributed by atoms with Crippen LogP contribution in [0.5, 0.6) is 0 Å². The van der Waals surface area contributed by atoms with Crippen LogP contribution in [0.2, 0.25) is 0 Å². The first-order valence-corrected chi connectivity index (χ1v) is 12.4. The van der Waals surface area contributed by atoms with Crippen LogP contribution in [0, 0.1) is 0 Å². The second kappa shape index (κ2) is 14.9. The van der Waals surface area contributed by atoms with Gasteiger partial charge < -0.3 is 29.0 Å². The summed E-state index contributed by atoms with van der Waals surface area (Å²) in [5.41, 5.74) is 0.975. The third kappa shape index (κ3) is 9.35. The Labute approximate surface area is 212 Å². The van der Waals surface area contributed by atoms with Crippen molar-refractivity contribution >= 4 is 17.9 Å². The van der Waals surface area contributed by atoms with E-state index in [1.165, 1.54) is 4.90 Å². The smallest absolute Gasteiger partial charge is 0.325 e. The summed E-state index contributed by atoms with van der Waals surface area (Å²) < 4.78 is 15.8. The molecule has 0 aliphatic carbocycles. The average Bonchev–Trinajstić information content (AvgIpc) is 3.41. The second-order valence-corrected chi connectivity index (χ2v) is 8.51. The highest BCUT2D eigenvalue weighted by atomic mass is 16.5. The zero-order valence-electron chi connectivity index (χ0n) is 20.9. The number of ether oxygens (including phenoxy) is 2. The number of benzene rings is 1. The summed E-state index contributed by atoms with van der Waals surface area (Å²) in [7, 11) is 0. The zero-order valence-corrected chi connectivity index (χ0v) is 20.9. The van der Waals surface area contributed by atoms with Crippen molar-refractivity contribution in [1.29, 1.82) is 0 Å². The second-order valence-electron chi connectivity index (χ2n) is 8.51. The standard InChI is InChI=1S/C26H36N4O6/c1-2-35-25(32)18-27-26(33)29(12-7-11-28-13-16-34-17-14-28)21-24(31)30(20-23-10-6-15-36-23)19-22-8-4-3-5-9-22/h3-6,8-10,15H,2,7,11-14,16-21H2,1H3,(H,27,33). The predicted molar refractivity (Wildman–Crippen MR) is 133 cm³/mol. The minimum Gasteiger partial charge on any atom is -0.467 e. The molecule has 3 rings (SSSR count). The average molecular weight is 501 g/mol. The predicted octanol–water partition coefficient (Wildman–Crippen LogP) is 2.11. The Morgan fingerprint density at radius 2 is 1.81 bits per heavy atom. The molecule has 1 saturated heterocycles. The van der Waals surface area contributed by atoms with Crippen molar-refractivity contribution in [3.05, 3.63) is 60.1 Å². The van der Waals surface area contributed by atoms with E-state index < -0.39 is 12.0 Å². The summed E-state index contributed by atoms with van der Waals surface area (Å²) in [5.74, 6) is -0.0770. The Morgan fingerprint density at radius 3 is 2.50 bits per heavy atom. The van der Waals surface area contributed by atoms with Gasteiger partial charge in [-0.1, -0.05) is 30.3 Å². The number of nitrogens with zero attached hydrogens (tertiary/aromatic N) is 3. The number of rotatable bonds is 13. The molecule has 0 atom stereocenters. The number of hydrogen-bond acceptors (Lipinski definition) is 7. The van der Waals surface area contributed by atoms with Gasteiger partial charge in [-0.3, -0.25) is 14.5 Å². The van der Waals surface area contributed by atoms with E-state index in [4.69, 9.17) is 13.9 Å². The highest BCUT2D eigenvalue weighted by Crippen LogP contribution is 2.12. The molecule has 10 nitrogen and oxygen atoms in total. The number of nitrogens with one attached hydrogen (secondary N) is 1. The highest BCUT2D eigenvalue weighted by molar-refractivity contribution is 5.86. The molecule has 0 bridgehead atoms. The molecule has 36 heavy (non-hydrogen) atoms. The Hall–Kier alpha value is -3.37. The number of carbonyl (C=O) groups is 3. The number of morpholine rings is 1. The van der Waals surface area contributed by atoms with Gasteiger partial charge in [-0.05, 0) is 31.0 Å². The third-order valence-corrected chi connectivity index (χ3v) is 5.80. The van der Waals surface area contributed by atoms with Crippen molar-refractivity contribution in [2.45, 2.75) is 26.4 Å². The molecule has 1 aromatic carbocycles. The molecular weight excluding hydrogens is 464 g/mol. The molecule has 0 saturated carbocycles. The molecule has 1 aromatic heterocycles. The van der Waals surface area contributed by atoms with Gasteiger partial charge in [0.25, 0.3) is 0 Å². The van der Waals surface area contributed by atoms with Gasteiger partial charge in [-0.25, -0.2) is 4.79 Å². The van der Waals surface area contributed by atoms with Crippen molar-refractivity contribution in [1.82, 2.24) is 20.0 Å². The van der Waals surface area contributed by atoms with Gasteiger partial charge in [0.1, 0.15) is 18.8 Å². The molecule has 1 aliphatic rings. The molecule has 1 fully saturated rings. The molecule has 2 heterocycles. The van der Waals surface area contributed by atoms with Crippen molar-refractivity contribution < 1.29 is 28.3 Å². The fourth-order valence-corrected chi connectivity index (χ4v) is 3.92. The Bertz CT molecular complexity index is 931. The lowest BCUT2D eigenvalue weighted by atomic mass is 10.2. The number of amides is 3. The molecule has 0 spiro atoms. The maximum Gasteiger partial charge on any atom is 0.325 e. The molecule has 0 radical (unpaired) electrons. The molecule has 10 heteroatoms. The molecule has 3 amide bonds. The van der Waals surface area contributed by atoms with E-state index >= 15 is 0 Å². The molecule has 1 N–H and O–H groups in total. The van der Waals surface area contributed by atoms with E-state index in [9.17, 15) is 14.4 Å². The normalized spacial score (nSPS) is 13.7. The third-order valence-electron chi connectivity index (χ3n) is 5.80. The van der Waals surface area contributed by atoms with Crippen LogP contribution in [0.1, 0.15) is 24.7 Å². The van der Waals surface area contributed by atoms with Gasteiger partial charge in [0.15, 0.2) is 0 Å². The Balaban J connectivity index is 1.65. The number of esters is 1. The number of urea groups is 1. The van der Waals surface area contributed by atoms with Crippen LogP contribution in [-0.4, -0.2) is 91.7 Å². The van der Waals surface area contributed by atoms with Gasteiger partial charge >= 0.3 is 12.0 Å². The van der Waals surface area contributed by atoms with Crippen LogP contribution in [-0.2, 0) is 32.2 Å². The van der Waals surface area contributed by atoms with Crippen molar-refractivity contribution in [3.63, 3.8) is 0 Å². The fraction of sp³-hybridized carbons (Fsp3) is 0.500. The van der Waals surface area contributed by atoms with Gasteiger partial charge in [-0.2, -0.15) is 0 Å². The van der Waals surface area contributed by atoms with Crippen LogP contribution < -0.4 is 5.32 Å². The van der Waals surface area contributed by atoms with E-state index in [-0.39, 0.29) is 32.1 Å². The van der Waals surface area contributed by atoms with Crippen molar-refractivity contribution in [2.24, 2.45) is 0 Å². The molecule has 0 unspecified atom stereocenters. The van der Waals surface area contributed by atoms with E-state index in [0.29, 0.717) is 38.5 Å². The summed E-state index contributed by atoms with van der Waals surface area (Å²) in [4.78, 5) is 43.5. The van der Waals surface area contributed by atoms with Crippen LogP contribution in [0.25, 0.3) is 0 Å². The molecule has 196 valence electrons. The summed E-state index contributed by atoms with van der Waals surface area (Å²) >= 11 is 0. The van der Waals surface area contributed by atoms with E-state index in [1.807, 2.05) is 36.4 Å². The SMILES string of the molecule is CCOC(=O)CNC(=O)N(CCCN1CCOCC1)CC(=O)N(Cc1ccccc1)Cc1ccco1. The minimum absolute atomic E-state index is 0.120. The zero-order chi connectivity index (χ0) is 25.6. The van der Waals surface area contributed by atoms with Crippen LogP contribution in [0.15, 0.2) is 53.1 Å². The van der Waals surface area contributed by atoms with Crippen LogP contribution >= 0.6 is 0 Å². The summed E-state index contributed by atoms with van der Waals surface area (Å²) in [6, 6.07) is 12.8. The highest BCUT2D eigenvalue weighted by Gasteiger charge is 2.23. The number of furan rings is 1. The van der Waals surface area contributed by atoms with Crippen LogP contribution in [0.4, 0.5) is 4.79 Å². The summed E-state index contributed by atoms with van der Waals surface area (Å²) in [5, 5.41) is 2.58. The Morgan fingerprint density at radius 1 is 1.03 bits per heavy atom. The van der Waals surface area contributed by atoms with Gasteiger partial charge in [-0.15, -0.1) is 0 Å². The van der Waals surface area contributed by atoms with Crippen molar-refractivity contribution in [2.75, 3.05) is 59.1 Å². The van der Waals surface area contributed by atoms with E-state index in [0.717, 1.165) is 25.2 Å².